The lowest BCUT2D eigenvalue weighted by Crippen LogP contribution is -2.14. The van der Waals surface area contributed by atoms with Crippen LogP contribution in [0.3, 0.4) is 0 Å². The third kappa shape index (κ3) is 3.03. The lowest BCUT2D eigenvalue weighted by Gasteiger charge is -2.03. The molecule has 0 N–H and O–H groups in total. The first kappa shape index (κ1) is 11.1. The van der Waals surface area contributed by atoms with Gasteiger partial charge in [-0.05, 0) is 6.07 Å². The van der Waals surface area contributed by atoms with Gasteiger partial charge in [0.2, 0.25) is 5.75 Å². The zero-order valence-electron chi connectivity index (χ0n) is 8.00. The van der Waals surface area contributed by atoms with Crippen molar-refractivity contribution in [2.45, 2.75) is 0 Å². The molecular weight excluding hydrogens is 202 g/mol. The summed E-state index contributed by atoms with van der Waals surface area (Å²) >= 11 is 0. The molecule has 1 aromatic rings. The van der Waals surface area contributed by atoms with Gasteiger partial charge < -0.3 is 9.47 Å². The normalized spacial score (nSPS) is 9.67. The predicted molar refractivity (Wildman–Crippen MR) is 50.6 cm³/mol. The molecule has 15 heavy (non-hydrogen) atoms. The van der Waals surface area contributed by atoms with Gasteiger partial charge in [0.1, 0.15) is 6.61 Å². The Morgan fingerprint density at radius 3 is 2.73 bits per heavy atom. The fourth-order valence-electron chi connectivity index (χ4n) is 0.964. The SMILES string of the molecule is COCC(=O)Oc1ccccc1[N+](=O)[O-]. The van der Waals surface area contributed by atoms with Crippen molar-refractivity contribution in [3.63, 3.8) is 0 Å². The molecule has 0 spiro atoms. The summed E-state index contributed by atoms with van der Waals surface area (Å²) in [7, 11) is 1.33. The summed E-state index contributed by atoms with van der Waals surface area (Å²) in [6, 6.07) is 5.65. The van der Waals surface area contributed by atoms with Crippen molar-refractivity contribution in [3.8, 4) is 5.75 Å². The summed E-state index contributed by atoms with van der Waals surface area (Å²) in [5.74, 6) is -0.753. The van der Waals surface area contributed by atoms with Crippen molar-refractivity contribution in [1.29, 1.82) is 0 Å². The number of hydrogen-bond acceptors (Lipinski definition) is 5. The molecule has 0 bridgehead atoms. The van der Waals surface area contributed by atoms with Crippen LogP contribution in [0.25, 0.3) is 0 Å². The van der Waals surface area contributed by atoms with Crippen LogP contribution in [-0.4, -0.2) is 24.6 Å². The topological polar surface area (TPSA) is 78.7 Å². The molecule has 1 rings (SSSR count). The molecule has 1 aromatic carbocycles. The minimum atomic E-state index is -0.674. The van der Waals surface area contributed by atoms with E-state index < -0.39 is 10.9 Å². The van der Waals surface area contributed by atoms with Crippen LogP contribution in [0.4, 0.5) is 5.69 Å². The van der Waals surface area contributed by atoms with Crippen LogP contribution in [0.2, 0.25) is 0 Å². The molecule has 0 fully saturated rings. The summed E-state index contributed by atoms with van der Waals surface area (Å²) in [5.41, 5.74) is -0.248. The van der Waals surface area contributed by atoms with Gasteiger partial charge in [0.15, 0.2) is 0 Å². The molecule has 0 saturated heterocycles. The first-order valence-corrected chi connectivity index (χ1v) is 4.08. The van der Waals surface area contributed by atoms with Gasteiger partial charge in [0.05, 0.1) is 4.92 Å². The second kappa shape index (κ2) is 5.06. The van der Waals surface area contributed by atoms with Crippen molar-refractivity contribution in [2.24, 2.45) is 0 Å². The Labute approximate surface area is 85.6 Å². The van der Waals surface area contributed by atoms with Crippen LogP contribution in [0.15, 0.2) is 24.3 Å². The first-order chi connectivity index (χ1) is 7.15. The molecule has 80 valence electrons. The summed E-state index contributed by atoms with van der Waals surface area (Å²) in [4.78, 5) is 20.9. The quantitative estimate of drug-likeness (QED) is 0.323. The lowest BCUT2D eigenvalue weighted by atomic mass is 10.3. The molecule has 0 radical (unpaired) electrons. The zero-order chi connectivity index (χ0) is 11.3. The van der Waals surface area contributed by atoms with E-state index in [1.165, 1.54) is 25.3 Å². The van der Waals surface area contributed by atoms with E-state index >= 15 is 0 Å². The summed E-state index contributed by atoms with van der Waals surface area (Å²) < 4.78 is 9.27. The van der Waals surface area contributed by atoms with Crippen molar-refractivity contribution in [3.05, 3.63) is 34.4 Å². The van der Waals surface area contributed by atoms with Gasteiger partial charge >= 0.3 is 11.7 Å². The average Bonchev–Trinajstić information content (AvgIpc) is 2.18. The second-order valence-corrected chi connectivity index (χ2v) is 2.63. The highest BCUT2D eigenvalue weighted by molar-refractivity contribution is 5.74. The highest BCUT2D eigenvalue weighted by Crippen LogP contribution is 2.25. The average molecular weight is 211 g/mol. The number of esters is 1. The highest BCUT2D eigenvalue weighted by Gasteiger charge is 2.16. The van der Waals surface area contributed by atoms with Gasteiger partial charge in [-0.25, -0.2) is 4.79 Å². The minimum Gasteiger partial charge on any atom is -0.417 e. The number of ether oxygens (including phenoxy) is 2. The number of para-hydroxylation sites is 2. The van der Waals surface area contributed by atoms with Gasteiger partial charge in [-0.2, -0.15) is 0 Å². The highest BCUT2D eigenvalue weighted by atomic mass is 16.6. The summed E-state index contributed by atoms with van der Waals surface area (Å²) in [6.07, 6.45) is 0. The fraction of sp³-hybridized carbons (Fsp3) is 0.222. The van der Waals surface area contributed by atoms with Crippen LogP contribution >= 0.6 is 0 Å². The molecule has 0 saturated carbocycles. The smallest absolute Gasteiger partial charge is 0.337 e. The molecular formula is C9H9NO5. The van der Waals surface area contributed by atoms with Crippen LogP contribution in [0, 0.1) is 10.1 Å². The van der Waals surface area contributed by atoms with Gasteiger partial charge in [0, 0.05) is 13.2 Å². The maximum atomic E-state index is 11.0. The van der Waals surface area contributed by atoms with Crippen LogP contribution in [0.5, 0.6) is 5.75 Å². The Morgan fingerprint density at radius 1 is 1.47 bits per heavy atom. The molecule has 0 aliphatic carbocycles. The zero-order valence-corrected chi connectivity index (χ0v) is 8.00. The van der Waals surface area contributed by atoms with E-state index in [0.29, 0.717) is 0 Å². The van der Waals surface area contributed by atoms with E-state index in [-0.39, 0.29) is 18.0 Å². The molecule has 0 heterocycles. The Hall–Kier alpha value is -1.95. The van der Waals surface area contributed by atoms with Gasteiger partial charge in [-0.1, -0.05) is 12.1 Å². The van der Waals surface area contributed by atoms with Crippen molar-refractivity contribution in [1.82, 2.24) is 0 Å². The second-order valence-electron chi connectivity index (χ2n) is 2.63. The van der Waals surface area contributed by atoms with E-state index in [4.69, 9.17) is 4.74 Å². The standard InChI is InChI=1S/C9H9NO5/c1-14-6-9(11)15-8-5-3-2-4-7(8)10(12)13/h2-5H,6H2,1H3. The van der Waals surface area contributed by atoms with E-state index in [9.17, 15) is 14.9 Å². The fourth-order valence-corrected chi connectivity index (χ4v) is 0.964. The molecule has 0 amide bonds. The Balaban J connectivity index is 2.84. The van der Waals surface area contributed by atoms with Crippen LogP contribution < -0.4 is 4.74 Å². The number of methoxy groups -OCH3 is 1. The monoisotopic (exact) mass is 211 g/mol. The Kier molecular flexibility index (Phi) is 3.75. The molecule has 0 aromatic heterocycles. The maximum absolute atomic E-state index is 11.0. The number of nitrogens with zero attached hydrogens (tertiary/aromatic N) is 1. The van der Waals surface area contributed by atoms with Gasteiger partial charge in [0.25, 0.3) is 0 Å². The number of rotatable bonds is 4. The molecule has 6 nitrogen and oxygen atoms in total. The number of nitro benzene ring substituents is 1. The predicted octanol–water partition coefficient (Wildman–Crippen LogP) is 1.15. The lowest BCUT2D eigenvalue weighted by molar-refractivity contribution is -0.385. The number of carbonyl (C=O) groups excluding carboxylic acids is 1. The third-order valence-electron chi connectivity index (χ3n) is 1.55. The van der Waals surface area contributed by atoms with Crippen LogP contribution in [0.1, 0.15) is 0 Å². The number of carbonyl (C=O) groups is 1. The number of nitro groups is 1. The summed E-state index contributed by atoms with van der Waals surface area (Å²) in [6.45, 7) is -0.244. The van der Waals surface area contributed by atoms with E-state index in [0.717, 1.165) is 0 Å². The van der Waals surface area contributed by atoms with Crippen molar-refractivity contribution < 1.29 is 19.2 Å². The van der Waals surface area contributed by atoms with E-state index in [1.807, 2.05) is 0 Å². The molecule has 6 heteroatoms. The molecule has 0 aliphatic heterocycles. The molecule has 0 aliphatic rings. The van der Waals surface area contributed by atoms with Crippen molar-refractivity contribution in [2.75, 3.05) is 13.7 Å². The number of hydrogen-bond donors (Lipinski definition) is 0. The minimum absolute atomic E-state index is 0.0791. The van der Waals surface area contributed by atoms with E-state index in [1.54, 1.807) is 6.07 Å². The van der Waals surface area contributed by atoms with Crippen LogP contribution in [-0.2, 0) is 9.53 Å². The first-order valence-electron chi connectivity index (χ1n) is 4.08. The third-order valence-corrected chi connectivity index (χ3v) is 1.55. The molecule has 0 atom stereocenters. The van der Waals surface area contributed by atoms with Crippen molar-refractivity contribution >= 4 is 11.7 Å². The van der Waals surface area contributed by atoms with Gasteiger partial charge in [-0.3, -0.25) is 10.1 Å². The summed E-state index contributed by atoms with van der Waals surface area (Å²) in [5, 5.41) is 10.5. The molecule has 0 unspecified atom stereocenters. The maximum Gasteiger partial charge on any atom is 0.337 e. The largest absolute Gasteiger partial charge is 0.417 e. The van der Waals surface area contributed by atoms with Gasteiger partial charge in [-0.15, -0.1) is 0 Å². The van der Waals surface area contributed by atoms with E-state index in [2.05, 4.69) is 4.74 Å². The number of benzene rings is 1. The Morgan fingerprint density at radius 2 is 2.13 bits per heavy atom. The Bertz CT molecular complexity index is 377.